The van der Waals surface area contributed by atoms with Gasteiger partial charge in [-0.3, -0.25) is 9.59 Å². The van der Waals surface area contributed by atoms with Crippen molar-refractivity contribution in [2.45, 2.75) is 18.9 Å². The highest BCUT2D eigenvalue weighted by atomic mass is 16.7. The average molecular weight is 426 g/mol. The summed E-state index contributed by atoms with van der Waals surface area (Å²) in [5, 5.41) is 5.46. The molecule has 0 bridgehead atoms. The first-order valence-corrected chi connectivity index (χ1v) is 10.6. The zero-order valence-electron chi connectivity index (χ0n) is 17.9. The second-order valence-electron chi connectivity index (χ2n) is 8.14. The molecule has 0 aromatic heterocycles. The molecule has 2 aromatic carbocycles. The lowest BCUT2D eigenvalue weighted by Crippen LogP contribution is -3.11. The van der Waals surface area contributed by atoms with Crippen molar-refractivity contribution in [3.8, 4) is 11.5 Å². The maximum Gasteiger partial charge on any atom is 0.313 e. The van der Waals surface area contributed by atoms with Gasteiger partial charge in [-0.15, -0.1) is 0 Å². The number of rotatable bonds is 6. The number of carbonyl (C=O) groups is 2. The lowest BCUT2D eigenvalue weighted by atomic mass is 10.0. The zero-order valence-corrected chi connectivity index (χ0v) is 17.9. The van der Waals surface area contributed by atoms with E-state index in [1.807, 2.05) is 14.1 Å². The summed E-state index contributed by atoms with van der Waals surface area (Å²) in [5.41, 5.74) is 2.79. The number of anilines is 2. The smallest absolute Gasteiger partial charge is 0.313 e. The number of nitrogens with zero attached hydrogens (tertiary/aromatic N) is 1. The molecule has 164 valence electrons. The SMILES string of the molecule is CN(C)c1ccc([C@@H](CNC(=O)C(=O)Nc2ccc3c(c2)OCO3)[NH+]2CCCC2)cc1. The standard InChI is InChI=1S/C23H28N4O4/c1-26(2)18-8-5-16(6-9-18)19(27-11-3-4-12-27)14-24-22(28)23(29)25-17-7-10-20-21(13-17)31-15-30-20/h5-10,13,19H,3-4,11-12,14-15H2,1-2H3,(H,24,28)(H,25,29)/p+1/t19-/m1/s1. The molecule has 4 rings (SSSR count). The number of amides is 2. The molecule has 8 nitrogen and oxygen atoms in total. The summed E-state index contributed by atoms with van der Waals surface area (Å²) in [6, 6.07) is 13.6. The average Bonchev–Trinajstić information content (AvgIpc) is 3.46. The zero-order chi connectivity index (χ0) is 21.8. The van der Waals surface area contributed by atoms with Crippen molar-refractivity contribution in [2.24, 2.45) is 0 Å². The number of hydrogen-bond donors (Lipinski definition) is 3. The lowest BCUT2D eigenvalue weighted by Gasteiger charge is -2.25. The molecule has 2 aliphatic heterocycles. The molecule has 0 spiro atoms. The van der Waals surface area contributed by atoms with Crippen molar-refractivity contribution >= 4 is 23.2 Å². The Hall–Kier alpha value is -3.26. The molecule has 2 heterocycles. The van der Waals surface area contributed by atoms with Gasteiger partial charge in [0, 0.05) is 49.9 Å². The van der Waals surface area contributed by atoms with Crippen LogP contribution in [0.15, 0.2) is 42.5 Å². The molecule has 2 aromatic rings. The Morgan fingerprint density at radius 1 is 1.00 bits per heavy atom. The second-order valence-corrected chi connectivity index (χ2v) is 8.14. The van der Waals surface area contributed by atoms with Crippen molar-refractivity contribution in [1.29, 1.82) is 0 Å². The van der Waals surface area contributed by atoms with Crippen LogP contribution in [0.1, 0.15) is 24.4 Å². The second kappa shape index (κ2) is 9.26. The molecule has 31 heavy (non-hydrogen) atoms. The summed E-state index contributed by atoms with van der Waals surface area (Å²) < 4.78 is 10.6. The van der Waals surface area contributed by atoms with E-state index in [-0.39, 0.29) is 12.8 Å². The molecule has 0 saturated carbocycles. The van der Waals surface area contributed by atoms with E-state index in [0.29, 0.717) is 23.7 Å². The summed E-state index contributed by atoms with van der Waals surface area (Å²) in [7, 11) is 4.02. The minimum absolute atomic E-state index is 0.112. The van der Waals surface area contributed by atoms with Crippen LogP contribution in [0.4, 0.5) is 11.4 Å². The molecule has 2 amide bonds. The van der Waals surface area contributed by atoms with E-state index in [9.17, 15) is 9.59 Å². The predicted molar refractivity (Wildman–Crippen MR) is 118 cm³/mol. The van der Waals surface area contributed by atoms with E-state index in [2.05, 4.69) is 39.8 Å². The van der Waals surface area contributed by atoms with Crippen LogP contribution >= 0.6 is 0 Å². The first-order valence-electron chi connectivity index (χ1n) is 10.6. The number of ether oxygens (including phenoxy) is 2. The number of hydrogen-bond acceptors (Lipinski definition) is 5. The Kier molecular flexibility index (Phi) is 6.27. The molecule has 3 N–H and O–H groups in total. The Balaban J connectivity index is 1.39. The van der Waals surface area contributed by atoms with Gasteiger partial charge in [0.2, 0.25) is 6.79 Å². The molecule has 2 aliphatic rings. The lowest BCUT2D eigenvalue weighted by molar-refractivity contribution is -0.918. The van der Waals surface area contributed by atoms with Gasteiger partial charge >= 0.3 is 11.8 Å². The van der Waals surface area contributed by atoms with E-state index in [1.165, 1.54) is 23.3 Å². The Labute approximate surface area is 182 Å². The first-order chi connectivity index (χ1) is 15.0. The van der Waals surface area contributed by atoms with Gasteiger partial charge < -0.3 is 29.9 Å². The fourth-order valence-electron chi connectivity index (χ4n) is 4.12. The number of likely N-dealkylation sites (tertiary alicyclic amines) is 1. The van der Waals surface area contributed by atoms with Gasteiger partial charge in [0.15, 0.2) is 11.5 Å². The van der Waals surface area contributed by atoms with Gasteiger partial charge in [0.05, 0.1) is 19.6 Å². The quantitative estimate of drug-likeness (QED) is 0.601. The minimum Gasteiger partial charge on any atom is -0.454 e. The summed E-state index contributed by atoms with van der Waals surface area (Å²) in [4.78, 5) is 28.4. The Morgan fingerprint density at radius 2 is 1.71 bits per heavy atom. The molecule has 1 atom stereocenters. The fourth-order valence-corrected chi connectivity index (χ4v) is 4.12. The third kappa shape index (κ3) is 4.91. The van der Waals surface area contributed by atoms with E-state index < -0.39 is 11.8 Å². The number of nitrogens with one attached hydrogen (secondary N) is 3. The van der Waals surface area contributed by atoms with Gasteiger partial charge in [-0.2, -0.15) is 0 Å². The van der Waals surface area contributed by atoms with Gasteiger partial charge in [0.25, 0.3) is 0 Å². The van der Waals surface area contributed by atoms with Crippen molar-refractivity contribution < 1.29 is 24.0 Å². The highest BCUT2D eigenvalue weighted by molar-refractivity contribution is 6.39. The molecule has 1 saturated heterocycles. The van der Waals surface area contributed by atoms with Crippen LogP contribution in [0.3, 0.4) is 0 Å². The van der Waals surface area contributed by atoms with Crippen LogP contribution in [-0.4, -0.2) is 52.3 Å². The van der Waals surface area contributed by atoms with Gasteiger partial charge in [-0.05, 0) is 24.3 Å². The minimum atomic E-state index is -0.697. The number of quaternary nitrogens is 1. The summed E-state index contributed by atoms with van der Waals surface area (Å²) in [6.45, 7) is 2.70. The van der Waals surface area contributed by atoms with E-state index in [4.69, 9.17) is 9.47 Å². The van der Waals surface area contributed by atoms with Crippen LogP contribution in [0.2, 0.25) is 0 Å². The van der Waals surface area contributed by atoms with E-state index in [0.717, 1.165) is 18.8 Å². The molecule has 0 radical (unpaired) electrons. The van der Waals surface area contributed by atoms with Crippen molar-refractivity contribution in [2.75, 3.05) is 50.7 Å². The number of carbonyl (C=O) groups excluding carboxylic acids is 2. The molecule has 8 heteroatoms. The van der Waals surface area contributed by atoms with Crippen LogP contribution in [0, 0.1) is 0 Å². The van der Waals surface area contributed by atoms with Crippen molar-refractivity contribution in [3.05, 3.63) is 48.0 Å². The fraction of sp³-hybridized carbons (Fsp3) is 0.391. The summed E-state index contributed by atoms with van der Waals surface area (Å²) in [5.74, 6) is -0.167. The highest BCUT2D eigenvalue weighted by Gasteiger charge is 2.28. The topological polar surface area (TPSA) is 84.3 Å². The van der Waals surface area contributed by atoms with E-state index in [1.54, 1.807) is 18.2 Å². The van der Waals surface area contributed by atoms with Crippen LogP contribution in [-0.2, 0) is 9.59 Å². The molecule has 1 fully saturated rings. The molecule has 0 unspecified atom stereocenters. The van der Waals surface area contributed by atoms with Gasteiger partial charge in [-0.1, -0.05) is 12.1 Å². The third-order valence-electron chi connectivity index (χ3n) is 5.85. The molecular weight excluding hydrogens is 396 g/mol. The maximum atomic E-state index is 12.5. The van der Waals surface area contributed by atoms with Crippen LogP contribution in [0.25, 0.3) is 0 Å². The van der Waals surface area contributed by atoms with Crippen molar-refractivity contribution in [3.63, 3.8) is 0 Å². The molecular formula is C23H29N4O4+. The summed E-state index contributed by atoms with van der Waals surface area (Å²) in [6.07, 6.45) is 2.36. The first kappa shape index (κ1) is 21.0. The van der Waals surface area contributed by atoms with Gasteiger partial charge in [0.1, 0.15) is 6.04 Å². The molecule has 0 aliphatic carbocycles. The Bertz CT molecular complexity index is 939. The third-order valence-corrected chi connectivity index (χ3v) is 5.85. The largest absolute Gasteiger partial charge is 0.454 e. The Morgan fingerprint density at radius 3 is 2.42 bits per heavy atom. The normalized spacial score (nSPS) is 16.1. The monoisotopic (exact) mass is 425 g/mol. The predicted octanol–water partition coefficient (Wildman–Crippen LogP) is 0.956. The van der Waals surface area contributed by atoms with Crippen molar-refractivity contribution in [1.82, 2.24) is 5.32 Å². The number of fused-ring (bicyclic) bond motifs is 1. The van der Waals surface area contributed by atoms with Crippen LogP contribution in [0.5, 0.6) is 11.5 Å². The van der Waals surface area contributed by atoms with Gasteiger partial charge in [-0.25, -0.2) is 0 Å². The number of benzene rings is 2. The maximum absolute atomic E-state index is 12.5. The van der Waals surface area contributed by atoms with Crippen LogP contribution < -0.4 is 29.9 Å². The highest BCUT2D eigenvalue weighted by Crippen LogP contribution is 2.34. The van der Waals surface area contributed by atoms with E-state index >= 15 is 0 Å². The summed E-state index contributed by atoms with van der Waals surface area (Å²) >= 11 is 0.